The van der Waals surface area contributed by atoms with Gasteiger partial charge in [-0.2, -0.15) is 0 Å². The molecule has 0 fully saturated rings. The van der Waals surface area contributed by atoms with Crippen LogP contribution in [0.4, 0.5) is 5.69 Å². The van der Waals surface area contributed by atoms with Gasteiger partial charge in [0.1, 0.15) is 0 Å². The van der Waals surface area contributed by atoms with E-state index in [1.165, 1.54) is 0 Å². The van der Waals surface area contributed by atoms with Crippen LogP contribution in [0, 0.1) is 5.92 Å². The number of anilines is 1. The second-order valence-corrected chi connectivity index (χ2v) is 5.55. The molecule has 0 saturated carbocycles. The van der Waals surface area contributed by atoms with E-state index < -0.39 is 0 Å². The van der Waals surface area contributed by atoms with E-state index in [1.807, 2.05) is 54.6 Å². The summed E-state index contributed by atoms with van der Waals surface area (Å²) in [5.41, 5.74) is 7.69. The average molecular weight is 305 g/mol. The minimum Gasteiger partial charge on any atom is -0.330 e. The van der Waals surface area contributed by atoms with Crippen LogP contribution in [-0.2, 0) is 11.2 Å². The Labute approximate surface area is 135 Å². The summed E-state index contributed by atoms with van der Waals surface area (Å²) in [5, 5.41) is 5.06. The highest BCUT2D eigenvalue weighted by molar-refractivity contribution is 5.95. The van der Waals surface area contributed by atoms with E-state index in [0.29, 0.717) is 13.0 Å². The molecule has 1 unspecified atom stereocenters. The van der Waals surface area contributed by atoms with Crippen molar-refractivity contribution in [1.82, 2.24) is 4.98 Å². The van der Waals surface area contributed by atoms with E-state index in [-0.39, 0.29) is 11.8 Å². The lowest BCUT2D eigenvalue weighted by Crippen LogP contribution is -2.30. The standard InChI is InChI=1S/C19H19N3O/c20-12-17(10-14-4-2-1-3-5-14)19(23)22-18-7-6-16-13-21-9-8-15(16)11-18/h1-9,11,13,17H,10,12,20H2,(H,22,23). The molecule has 0 aliphatic heterocycles. The first kappa shape index (κ1) is 15.2. The van der Waals surface area contributed by atoms with E-state index in [0.717, 1.165) is 22.0 Å². The number of benzene rings is 2. The van der Waals surface area contributed by atoms with Gasteiger partial charge in [0, 0.05) is 30.0 Å². The average Bonchev–Trinajstić information content (AvgIpc) is 2.60. The first-order chi connectivity index (χ1) is 11.3. The van der Waals surface area contributed by atoms with Crippen LogP contribution in [0.5, 0.6) is 0 Å². The summed E-state index contributed by atoms with van der Waals surface area (Å²) >= 11 is 0. The van der Waals surface area contributed by atoms with Crippen molar-refractivity contribution in [2.45, 2.75) is 6.42 Å². The summed E-state index contributed by atoms with van der Waals surface area (Å²) in [4.78, 5) is 16.6. The second-order valence-electron chi connectivity index (χ2n) is 5.55. The fourth-order valence-electron chi connectivity index (χ4n) is 2.59. The third kappa shape index (κ3) is 3.73. The smallest absolute Gasteiger partial charge is 0.229 e. The molecule has 1 amide bonds. The maximum atomic E-state index is 12.5. The molecule has 0 aliphatic carbocycles. The Bertz CT molecular complexity index is 802. The Morgan fingerprint density at radius 3 is 2.70 bits per heavy atom. The molecule has 4 heteroatoms. The highest BCUT2D eigenvalue weighted by atomic mass is 16.1. The highest BCUT2D eigenvalue weighted by Crippen LogP contribution is 2.19. The van der Waals surface area contributed by atoms with Crippen molar-refractivity contribution in [2.75, 3.05) is 11.9 Å². The van der Waals surface area contributed by atoms with Crippen LogP contribution in [-0.4, -0.2) is 17.4 Å². The Morgan fingerprint density at radius 1 is 1.09 bits per heavy atom. The largest absolute Gasteiger partial charge is 0.330 e. The molecule has 0 spiro atoms. The quantitative estimate of drug-likeness (QED) is 0.761. The van der Waals surface area contributed by atoms with Gasteiger partial charge in [-0.25, -0.2) is 0 Å². The number of nitrogens with zero attached hydrogens (tertiary/aromatic N) is 1. The van der Waals surface area contributed by atoms with Gasteiger partial charge in [0.05, 0.1) is 5.92 Å². The van der Waals surface area contributed by atoms with E-state index in [2.05, 4.69) is 10.3 Å². The normalized spacial score (nSPS) is 12.0. The van der Waals surface area contributed by atoms with Crippen LogP contribution in [0.25, 0.3) is 10.8 Å². The Morgan fingerprint density at radius 2 is 1.91 bits per heavy atom. The van der Waals surface area contributed by atoms with E-state index >= 15 is 0 Å². The molecule has 2 aromatic carbocycles. The number of pyridine rings is 1. The molecule has 0 bridgehead atoms. The predicted molar refractivity (Wildman–Crippen MR) is 93.1 cm³/mol. The van der Waals surface area contributed by atoms with Gasteiger partial charge in [0.2, 0.25) is 5.91 Å². The summed E-state index contributed by atoms with van der Waals surface area (Å²) in [6.45, 7) is 0.318. The molecular weight excluding hydrogens is 286 g/mol. The van der Waals surface area contributed by atoms with Crippen molar-refractivity contribution in [2.24, 2.45) is 11.7 Å². The van der Waals surface area contributed by atoms with Crippen LogP contribution >= 0.6 is 0 Å². The minimum absolute atomic E-state index is 0.0511. The van der Waals surface area contributed by atoms with Gasteiger partial charge in [0.15, 0.2) is 0 Å². The summed E-state index contributed by atoms with van der Waals surface area (Å²) in [5.74, 6) is -0.296. The van der Waals surface area contributed by atoms with Crippen molar-refractivity contribution in [3.63, 3.8) is 0 Å². The molecule has 3 aromatic rings. The summed E-state index contributed by atoms with van der Waals surface area (Å²) in [6, 6.07) is 17.6. The van der Waals surface area contributed by atoms with E-state index in [9.17, 15) is 4.79 Å². The molecular formula is C19H19N3O. The topological polar surface area (TPSA) is 68.0 Å². The molecule has 3 N–H and O–H groups in total. The zero-order valence-electron chi connectivity index (χ0n) is 12.8. The Kier molecular flexibility index (Phi) is 4.64. The molecule has 0 saturated heterocycles. The predicted octanol–water partition coefficient (Wildman–Crippen LogP) is 2.99. The third-order valence-corrected chi connectivity index (χ3v) is 3.89. The Hall–Kier alpha value is -2.72. The lowest BCUT2D eigenvalue weighted by molar-refractivity contribution is -0.119. The monoisotopic (exact) mass is 305 g/mol. The maximum Gasteiger partial charge on any atom is 0.229 e. The number of carbonyl (C=O) groups is 1. The van der Waals surface area contributed by atoms with Gasteiger partial charge >= 0.3 is 0 Å². The van der Waals surface area contributed by atoms with Crippen LogP contribution in [0.2, 0.25) is 0 Å². The number of hydrogen-bond acceptors (Lipinski definition) is 3. The van der Waals surface area contributed by atoms with Crippen LogP contribution in [0.15, 0.2) is 67.0 Å². The number of carbonyl (C=O) groups excluding carboxylic acids is 1. The molecule has 1 aromatic heterocycles. The molecule has 23 heavy (non-hydrogen) atoms. The van der Waals surface area contributed by atoms with Crippen molar-refractivity contribution in [1.29, 1.82) is 0 Å². The molecule has 4 nitrogen and oxygen atoms in total. The second kappa shape index (κ2) is 7.03. The highest BCUT2D eigenvalue weighted by Gasteiger charge is 2.17. The zero-order valence-corrected chi connectivity index (χ0v) is 12.8. The van der Waals surface area contributed by atoms with Gasteiger partial charge in [-0.3, -0.25) is 9.78 Å². The number of hydrogen-bond donors (Lipinski definition) is 2. The molecule has 0 radical (unpaired) electrons. The molecule has 1 heterocycles. The van der Waals surface area contributed by atoms with Gasteiger partial charge < -0.3 is 11.1 Å². The van der Waals surface area contributed by atoms with E-state index in [4.69, 9.17) is 5.73 Å². The number of fused-ring (bicyclic) bond motifs is 1. The van der Waals surface area contributed by atoms with Gasteiger partial charge in [-0.05, 0) is 35.6 Å². The molecule has 116 valence electrons. The summed E-state index contributed by atoms with van der Waals surface area (Å²) < 4.78 is 0. The molecule has 1 atom stereocenters. The van der Waals surface area contributed by atoms with Gasteiger partial charge in [-0.15, -0.1) is 0 Å². The van der Waals surface area contributed by atoms with Gasteiger partial charge in [-0.1, -0.05) is 36.4 Å². The fraction of sp³-hybridized carbons (Fsp3) is 0.158. The minimum atomic E-state index is -0.245. The summed E-state index contributed by atoms with van der Waals surface area (Å²) in [6.07, 6.45) is 4.19. The third-order valence-electron chi connectivity index (χ3n) is 3.89. The van der Waals surface area contributed by atoms with Crippen molar-refractivity contribution in [3.05, 3.63) is 72.6 Å². The maximum absolute atomic E-state index is 12.5. The first-order valence-electron chi connectivity index (χ1n) is 7.65. The lowest BCUT2D eigenvalue weighted by atomic mass is 9.98. The number of nitrogens with two attached hydrogens (primary N) is 1. The first-order valence-corrected chi connectivity index (χ1v) is 7.65. The Balaban J connectivity index is 1.73. The van der Waals surface area contributed by atoms with Crippen LogP contribution < -0.4 is 11.1 Å². The molecule has 3 rings (SSSR count). The van der Waals surface area contributed by atoms with Crippen molar-refractivity contribution >= 4 is 22.4 Å². The number of rotatable bonds is 5. The van der Waals surface area contributed by atoms with Crippen molar-refractivity contribution < 1.29 is 4.79 Å². The zero-order chi connectivity index (χ0) is 16.1. The van der Waals surface area contributed by atoms with Crippen molar-refractivity contribution in [3.8, 4) is 0 Å². The fourth-order valence-corrected chi connectivity index (χ4v) is 2.59. The summed E-state index contributed by atoms with van der Waals surface area (Å²) in [7, 11) is 0. The van der Waals surface area contributed by atoms with E-state index in [1.54, 1.807) is 12.4 Å². The SMILES string of the molecule is NCC(Cc1ccccc1)C(=O)Nc1ccc2cnccc2c1. The molecule has 0 aliphatic rings. The van der Waals surface area contributed by atoms with Crippen LogP contribution in [0.3, 0.4) is 0 Å². The number of amides is 1. The number of aromatic nitrogens is 1. The lowest BCUT2D eigenvalue weighted by Gasteiger charge is -2.15. The van der Waals surface area contributed by atoms with Gasteiger partial charge in [0.25, 0.3) is 0 Å². The van der Waals surface area contributed by atoms with Crippen LogP contribution in [0.1, 0.15) is 5.56 Å². The number of nitrogens with one attached hydrogen (secondary N) is 1.